The molecule has 7 rings (SSSR count). The normalized spacial score (nSPS) is 11.9. The maximum Gasteiger partial charge on any atom is 0.444 e. The summed E-state index contributed by atoms with van der Waals surface area (Å²) in [6, 6.07) is 17.6. The van der Waals surface area contributed by atoms with Crippen LogP contribution in [0.2, 0.25) is 0 Å². The zero-order chi connectivity index (χ0) is 50.6. The smallest absolute Gasteiger partial charge is 0.444 e. The van der Waals surface area contributed by atoms with Crippen molar-refractivity contribution in [1.82, 2.24) is 15.0 Å². The van der Waals surface area contributed by atoms with Crippen LogP contribution in [0.1, 0.15) is 17.3 Å². The number of nitrogens with two attached hydrogens (primary N) is 1. The van der Waals surface area contributed by atoms with E-state index >= 15 is 0 Å². The van der Waals surface area contributed by atoms with Crippen molar-refractivity contribution in [2.75, 3.05) is 23.5 Å². The summed E-state index contributed by atoms with van der Waals surface area (Å²) in [6.07, 6.45) is 2.70. The number of carbonyl (C=O) groups excluding carboxylic acids is 1. The van der Waals surface area contributed by atoms with Crippen molar-refractivity contribution in [1.29, 1.82) is 0 Å². The molecule has 0 spiro atoms. The number of ether oxygens (including phenoxy) is 1. The first-order chi connectivity index (χ1) is 32.3. The van der Waals surface area contributed by atoms with Gasteiger partial charge in [-0.3, -0.25) is 18.5 Å². The predicted octanol–water partition coefficient (Wildman–Crippen LogP) is 5.01. The van der Waals surface area contributed by atoms with Crippen LogP contribution in [0.25, 0.3) is 27.5 Å². The quantitative estimate of drug-likeness (QED) is 0.0453. The number of fused-ring (bicyclic) bond motifs is 2. The molecule has 5 aromatic carbocycles. The van der Waals surface area contributed by atoms with Crippen molar-refractivity contribution in [3.63, 3.8) is 0 Å². The van der Waals surface area contributed by atoms with Crippen LogP contribution in [0.5, 0.6) is 5.75 Å². The molecule has 0 aliphatic heterocycles. The van der Waals surface area contributed by atoms with Gasteiger partial charge in [-0.2, -0.15) is 25.3 Å². The highest BCUT2D eigenvalue weighted by atomic mass is 32.2. The molecule has 0 saturated carbocycles. The second-order valence-electron chi connectivity index (χ2n) is 13.6. The number of amides is 1. The van der Waals surface area contributed by atoms with Gasteiger partial charge in [-0.25, -0.2) is 9.36 Å². The summed E-state index contributed by atoms with van der Waals surface area (Å²) < 4.78 is 137. The van der Waals surface area contributed by atoms with Gasteiger partial charge < -0.3 is 26.2 Å². The summed E-state index contributed by atoms with van der Waals surface area (Å²) >= 11 is 0. The third-order valence-electron chi connectivity index (χ3n) is 9.04. The van der Waals surface area contributed by atoms with Crippen LogP contribution in [-0.4, -0.2) is 90.6 Å². The van der Waals surface area contributed by atoms with E-state index in [-0.39, 0.29) is 79.1 Å². The van der Waals surface area contributed by atoms with Gasteiger partial charge in [0.25, 0.3) is 30.4 Å². The van der Waals surface area contributed by atoms with Crippen LogP contribution in [0.4, 0.5) is 46.0 Å². The molecule has 0 aliphatic rings. The van der Waals surface area contributed by atoms with Crippen LogP contribution in [0, 0.1) is 0 Å². The Morgan fingerprint density at radius 1 is 0.696 bits per heavy atom. The molecule has 0 atom stereocenters. The highest BCUT2D eigenvalue weighted by Gasteiger charge is 2.24. The molecule has 0 saturated heterocycles. The minimum atomic E-state index is -4.99. The molecule has 69 heavy (non-hydrogen) atoms. The van der Waals surface area contributed by atoms with E-state index in [1.807, 2.05) is 0 Å². The SMILES string of the molecule is COc1cc(N=Nc2cc3c(S(=O)(=O)O)cccc3cc2S(=O)(=O)O)c(NC(C)=O)cc1N=Nc1ccc(Nc2nc(N)nc(-[n+]3cccc(C(=O)O)c3)n2)c2c(S(=O)(=O)O)cccc12.O=S(=O)=O. The number of rotatable bonds is 13. The number of hydrogen-bond acceptors (Lipinski definition) is 21. The number of aromatic nitrogens is 4. The largest absolute Gasteiger partial charge is 0.494 e. The minimum absolute atomic E-state index is 0.0124. The Bertz CT molecular complexity index is 3800. The molecule has 8 N–H and O–H groups in total. The van der Waals surface area contributed by atoms with Gasteiger partial charge in [-0.15, -0.1) is 38.1 Å². The number of benzene rings is 5. The van der Waals surface area contributed by atoms with Crippen molar-refractivity contribution in [3.8, 4) is 11.7 Å². The molecule has 0 aliphatic carbocycles. The maximum absolute atomic E-state index is 12.7. The predicted molar refractivity (Wildman–Crippen MR) is 239 cm³/mol. The van der Waals surface area contributed by atoms with E-state index in [0.717, 1.165) is 24.3 Å². The van der Waals surface area contributed by atoms with Gasteiger partial charge in [0.1, 0.15) is 37.5 Å². The standard InChI is InChI=1S/C38H29N11O13S3.O3S/c1-19(50)40-26-16-28(30(62-2)17-27(26)46-48-29-15-23-20(14-33(29)65(59,60)61)6-3-9-31(23)63(53,54)55)47-45-24-11-12-25(34-22(24)8-4-10-32(34)64(56,57)58)41-37-42-36(39)43-38(44-37)49-13-5-7-21(18-49)35(51)52;1-4(2)3/h3-18H,1-2H3,(H7-,39,40,41,42,43,44,47,48,50,51,52,53,54,55,56,57,58,59,60,61);/p+1. The highest BCUT2D eigenvalue weighted by molar-refractivity contribution is 7.86. The van der Waals surface area contributed by atoms with Crippen LogP contribution < -0.4 is 25.7 Å². The van der Waals surface area contributed by atoms with E-state index in [1.165, 1.54) is 91.7 Å². The van der Waals surface area contributed by atoms with E-state index in [4.69, 9.17) is 23.1 Å². The first kappa shape index (κ1) is 50.1. The second kappa shape index (κ2) is 19.9. The number of azo groups is 2. The number of carbonyl (C=O) groups is 2. The van der Waals surface area contributed by atoms with Crippen molar-refractivity contribution < 1.29 is 75.5 Å². The molecule has 0 bridgehead atoms. The highest BCUT2D eigenvalue weighted by Crippen LogP contribution is 2.43. The van der Waals surface area contributed by atoms with Gasteiger partial charge >= 0.3 is 34.4 Å². The van der Waals surface area contributed by atoms with Crippen molar-refractivity contribution in [2.24, 2.45) is 20.5 Å². The molecule has 0 radical (unpaired) electrons. The van der Waals surface area contributed by atoms with E-state index < -0.39 is 73.2 Å². The summed E-state index contributed by atoms with van der Waals surface area (Å²) in [4.78, 5) is 34.4. The van der Waals surface area contributed by atoms with Crippen LogP contribution >= 0.6 is 0 Å². The van der Waals surface area contributed by atoms with Gasteiger partial charge in [0.2, 0.25) is 5.91 Å². The number of aromatic carboxylic acids is 1. The van der Waals surface area contributed by atoms with Crippen molar-refractivity contribution in [3.05, 3.63) is 103 Å². The Balaban J connectivity index is 0.00000188. The molecule has 1 amide bonds. The summed E-state index contributed by atoms with van der Waals surface area (Å²) in [5, 5.41) is 31.3. The Kier molecular flexibility index (Phi) is 14.4. The molecule has 2 heterocycles. The van der Waals surface area contributed by atoms with E-state index in [2.05, 4.69) is 46.0 Å². The topological polar surface area (TPSA) is 420 Å². The molecule has 0 fully saturated rings. The van der Waals surface area contributed by atoms with Crippen LogP contribution in [0.15, 0.2) is 132 Å². The zero-order valence-electron chi connectivity index (χ0n) is 34.7. The maximum atomic E-state index is 12.7. The fourth-order valence-electron chi connectivity index (χ4n) is 6.32. The second-order valence-corrected chi connectivity index (χ2v) is 18.2. The minimum Gasteiger partial charge on any atom is -0.494 e. The number of nitrogens with one attached hydrogen (secondary N) is 2. The van der Waals surface area contributed by atoms with Gasteiger partial charge in [0.15, 0.2) is 0 Å². The number of pyridine rings is 1. The fourth-order valence-corrected chi connectivity index (χ4v) is 8.40. The van der Waals surface area contributed by atoms with E-state index in [0.29, 0.717) is 0 Å². The lowest BCUT2D eigenvalue weighted by atomic mass is 10.1. The molecule has 0 unspecified atom stereocenters. The number of carboxylic acid groups (broad SMARTS) is 1. The molecule has 2 aromatic heterocycles. The first-order valence-electron chi connectivity index (χ1n) is 18.5. The van der Waals surface area contributed by atoms with Gasteiger partial charge in [-0.1, -0.05) is 24.3 Å². The van der Waals surface area contributed by atoms with Gasteiger partial charge in [0.05, 0.1) is 42.1 Å². The molecular weight excluding hydrogens is 995 g/mol. The van der Waals surface area contributed by atoms with Crippen molar-refractivity contribution in [2.45, 2.75) is 21.6 Å². The number of nitrogens with zero attached hydrogens (tertiary/aromatic N) is 8. The summed E-state index contributed by atoms with van der Waals surface area (Å²) in [5.74, 6) is -2.46. The van der Waals surface area contributed by atoms with Crippen LogP contribution in [0.3, 0.4) is 0 Å². The lowest BCUT2D eigenvalue weighted by Gasteiger charge is -2.13. The molecule has 7 aromatic rings. The number of anilines is 4. The average Bonchev–Trinajstić information content (AvgIpc) is 3.26. The summed E-state index contributed by atoms with van der Waals surface area (Å²) in [7, 11) is -16.6. The number of hydrogen-bond donors (Lipinski definition) is 7. The van der Waals surface area contributed by atoms with Crippen molar-refractivity contribution >= 4 is 120 Å². The molecule has 356 valence electrons. The summed E-state index contributed by atoms with van der Waals surface area (Å²) in [5.41, 5.74) is 5.11. The first-order valence-corrected chi connectivity index (χ1v) is 23.8. The Morgan fingerprint density at radius 3 is 1.96 bits per heavy atom. The third-order valence-corrected chi connectivity index (χ3v) is 11.7. The lowest BCUT2D eigenvalue weighted by Crippen LogP contribution is -2.34. The number of nitrogen functional groups attached to an aromatic ring is 1. The van der Waals surface area contributed by atoms with E-state index in [9.17, 15) is 53.6 Å². The van der Waals surface area contributed by atoms with Gasteiger partial charge in [0, 0.05) is 29.1 Å². The molecule has 31 heteroatoms. The Labute approximate surface area is 389 Å². The summed E-state index contributed by atoms with van der Waals surface area (Å²) in [6.45, 7) is 1.17. The monoisotopic (exact) mass is 1020 g/mol. The van der Waals surface area contributed by atoms with Crippen LogP contribution in [-0.2, 0) is 45.8 Å². The Morgan fingerprint density at radius 2 is 1.32 bits per heavy atom. The average molecular weight is 1020 g/mol. The van der Waals surface area contributed by atoms with Gasteiger partial charge in [-0.05, 0) is 70.0 Å². The number of carboxylic acids is 1. The molecular formula is C38H30N11O16S4+. The zero-order valence-corrected chi connectivity index (χ0v) is 38.0. The fraction of sp³-hybridized carbons (Fsp3) is 0.0526. The van der Waals surface area contributed by atoms with E-state index in [1.54, 1.807) is 0 Å². The number of methoxy groups -OCH3 is 1. The lowest BCUT2D eigenvalue weighted by molar-refractivity contribution is -0.603. The Hall–Kier alpha value is -8.33. The third kappa shape index (κ3) is 12.0. The molecule has 27 nitrogen and oxygen atoms in total.